The maximum absolute atomic E-state index is 11.9. The average Bonchev–Trinajstić information content (AvgIpc) is 2.72. The molecular weight excluding hydrogens is 354 g/mol. The van der Waals surface area contributed by atoms with Crippen LogP contribution in [0.4, 0.5) is 0 Å². The summed E-state index contributed by atoms with van der Waals surface area (Å²) in [6, 6.07) is 7.44. The Morgan fingerprint density at radius 2 is 2.00 bits per heavy atom. The van der Waals surface area contributed by atoms with Crippen molar-refractivity contribution in [1.29, 1.82) is 0 Å². The molecule has 0 bridgehead atoms. The highest BCUT2D eigenvalue weighted by Crippen LogP contribution is 2.19. The molecule has 0 spiro atoms. The number of carbonyl (C=O) groups excluding carboxylic acids is 1. The van der Waals surface area contributed by atoms with Crippen molar-refractivity contribution in [2.24, 2.45) is 0 Å². The van der Waals surface area contributed by atoms with Crippen LogP contribution in [0.3, 0.4) is 0 Å². The largest absolute Gasteiger partial charge is 0.352 e. The molecule has 0 radical (unpaired) electrons. The summed E-state index contributed by atoms with van der Waals surface area (Å²) in [6.45, 7) is 5.01. The Labute approximate surface area is 137 Å². The second-order valence-corrected chi connectivity index (χ2v) is 6.09. The number of aromatic nitrogens is 2. The number of amides is 1. The number of rotatable bonds is 5. The number of benzene rings is 1. The molecule has 1 N–H and O–H groups in total. The normalized spacial score (nSPS) is 10.7. The van der Waals surface area contributed by atoms with Crippen LogP contribution >= 0.6 is 27.5 Å². The van der Waals surface area contributed by atoms with Gasteiger partial charge in [0, 0.05) is 23.7 Å². The molecule has 2 rings (SSSR count). The molecule has 1 aromatic heterocycles. The van der Waals surface area contributed by atoms with Crippen LogP contribution in [0.15, 0.2) is 28.7 Å². The van der Waals surface area contributed by atoms with Crippen LogP contribution in [-0.2, 0) is 17.9 Å². The lowest BCUT2D eigenvalue weighted by molar-refractivity contribution is -0.121. The van der Waals surface area contributed by atoms with Gasteiger partial charge < -0.3 is 5.32 Å². The van der Waals surface area contributed by atoms with Crippen LogP contribution in [0.25, 0.3) is 0 Å². The van der Waals surface area contributed by atoms with Crippen LogP contribution < -0.4 is 5.32 Å². The Bertz CT molecular complexity index is 637. The van der Waals surface area contributed by atoms with Crippen LogP contribution in [0.1, 0.15) is 23.4 Å². The predicted octanol–water partition coefficient (Wildman–Crippen LogP) is 3.62. The summed E-state index contributed by atoms with van der Waals surface area (Å²) in [4.78, 5) is 11.9. The van der Waals surface area contributed by atoms with E-state index in [9.17, 15) is 4.79 Å². The molecule has 4 nitrogen and oxygen atoms in total. The quantitative estimate of drug-likeness (QED) is 0.874. The lowest BCUT2D eigenvalue weighted by Gasteiger charge is -2.07. The van der Waals surface area contributed by atoms with Crippen LogP contribution in [-0.4, -0.2) is 15.7 Å². The minimum absolute atomic E-state index is 0.00799. The summed E-state index contributed by atoms with van der Waals surface area (Å²) >= 11 is 9.30. The Hall–Kier alpha value is -1.33. The molecule has 1 amide bonds. The van der Waals surface area contributed by atoms with Gasteiger partial charge in [0.1, 0.15) is 0 Å². The summed E-state index contributed by atoms with van der Waals surface area (Å²) in [6.07, 6.45) is 0.405. The molecular formula is C15H17BrClN3O. The third-order valence-corrected chi connectivity index (χ3v) is 4.65. The molecule has 1 aromatic carbocycles. The van der Waals surface area contributed by atoms with Gasteiger partial charge in [-0.05, 0) is 47.5 Å². The summed E-state index contributed by atoms with van der Waals surface area (Å²) in [5.74, 6) is 0.00799. The standard InChI is InChI=1S/C15H17BrClN3O/c1-10-15(16)11(2)20(19-10)8-7-14(21)18-9-12-3-5-13(17)6-4-12/h3-6H,7-9H2,1-2H3,(H,18,21). The molecule has 112 valence electrons. The van der Waals surface area contributed by atoms with E-state index in [4.69, 9.17) is 11.6 Å². The Kier molecular flexibility index (Phi) is 5.42. The first kappa shape index (κ1) is 16.0. The van der Waals surface area contributed by atoms with E-state index in [-0.39, 0.29) is 5.91 Å². The maximum atomic E-state index is 11.9. The Morgan fingerprint density at radius 3 is 2.57 bits per heavy atom. The van der Waals surface area contributed by atoms with Gasteiger partial charge in [0.2, 0.25) is 5.91 Å². The molecule has 0 unspecified atom stereocenters. The van der Waals surface area contributed by atoms with Gasteiger partial charge in [0.25, 0.3) is 0 Å². The summed E-state index contributed by atoms with van der Waals surface area (Å²) < 4.78 is 2.85. The SMILES string of the molecule is Cc1nn(CCC(=O)NCc2ccc(Cl)cc2)c(C)c1Br. The predicted molar refractivity (Wildman–Crippen MR) is 87.3 cm³/mol. The number of carbonyl (C=O) groups is 1. The van der Waals surface area contributed by atoms with Gasteiger partial charge >= 0.3 is 0 Å². The van der Waals surface area contributed by atoms with Crippen molar-refractivity contribution < 1.29 is 4.79 Å². The molecule has 1 heterocycles. The first-order valence-corrected chi connectivity index (χ1v) is 7.85. The van der Waals surface area contributed by atoms with Crippen molar-refractivity contribution >= 4 is 33.4 Å². The van der Waals surface area contributed by atoms with E-state index in [1.54, 1.807) is 0 Å². The van der Waals surface area contributed by atoms with E-state index < -0.39 is 0 Å². The monoisotopic (exact) mass is 369 g/mol. The van der Waals surface area contributed by atoms with Gasteiger partial charge in [0.05, 0.1) is 16.7 Å². The van der Waals surface area contributed by atoms with Crippen molar-refractivity contribution in [2.45, 2.75) is 33.4 Å². The fourth-order valence-electron chi connectivity index (χ4n) is 1.99. The molecule has 2 aromatic rings. The molecule has 0 fully saturated rings. The van der Waals surface area contributed by atoms with Gasteiger partial charge in [-0.2, -0.15) is 5.10 Å². The molecule has 0 aliphatic carbocycles. The lowest BCUT2D eigenvalue weighted by atomic mass is 10.2. The van der Waals surface area contributed by atoms with E-state index in [1.807, 2.05) is 42.8 Å². The second kappa shape index (κ2) is 7.09. The maximum Gasteiger partial charge on any atom is 0.222 e. The van der Waals surface area contributed by atoms with Gasteiger partial charge in [-0.3, -0.25) is 9.48 Å². The number of aryl methyl sites for hydroxylation is 2. The first-order valence-electron chi connectivity index (χ1n) is 6.68. The molecule has 6 heteroatoms. The number of nitrogens with one attached hydrogen (secondary N) is 1. The smallest absolute Gasteiger partial charge is 0.222 e. The highest BCUT2D eigenvalue weighted by molar-refractivity contribution is 9.10. The number of hydrogen-bond acceptors (Lipinski definition) is 2. The number of halogens is 2. The zero-order valence-electron chi connectivity index (χ0n) is 12.0. The first-order chi connectivity index (χ1) is 9.97. The van der Waals surface area contributed by atoms with E-state index in [1.165, 1.54) is 0 Å². The van der Waals surface area contributed by atoms with Crippen LogP contribution in [0.5, 0.6) is 0 Å². The zero-order valence-corrected chi connectivity index (χ0v) is 14.3. The Morgan fingerprint density at radius 1 is 1.33 bits per heavy atom. The minimum Gasteiger partial charge on any atom is -0.352 e. The van der Waals surface area contributed by atoms with Crippen molar-refractivity contribution in [2.75, 3.05) is 0 Å². The van der Waals surface area contributed by atoms with Gasteiger partial charge in [0.15, 0.2) is 0 Å². The van der Waals surface area contributed by atoms with Crippen molar-refractivity contribution in [3.05, 3.63) is 50.7 Å². The minimum atomic E-state index is 0.00799. The molecule has 0 saturated carbocycles. The van der Waals surface area contributed by atoms with Crippen LogP contribution in [0, 0.1) is 13.8 Å². The van der Waals surface area contributed by atoms with E-state index in [0.29, 0.717) is 24.5 Å². The topological polar surface area (TPSA) is 46.9 Å². The fraction of sp³-hybridized carbons (Fsp3) is 0.333. The lowest BCUT2D eigenvalue weighted by Crippen LogP contribution is -2.24. The molecule has 21 heavy (non-hydrogen) atoms. The van der Waals surface area contributed by atoms with Crippen molar-refractivity contribution in [1.82, 2.24) is 15.1 Å². The summed E-state index contributed by atoms with van der Waals surface area (Å²) in [5.41, 5.74) is 3.01. The third kappa shape index (κ3) is 4.32. The highest BCUT2D eigenvalue weighted by atomic mass is 79.9. The Balaban J connectivity index is 1.82. The number of nitrogens with zero attached hydrogens (tertiary/aromatic N) is 2. The second-order valence-electron chi connectivity index (χ2n) is 4.86. The molecule has 0 aliphatic heterocycles. The van der Waals surface area contributed by atoms with Crippen LogP contribution in [0.2, 0.25) is 5.02 Å². The highest BCUT2D eigenvalue weighted by Gasteiger charge is 2.10. The third-order valence-electron chi connectivity index (χ3n) is 3.25. The van der Waals surface area contributed by atoms with E-state index in [2.05, 4.69) is 26.3 Å². The van der Waals surface area contributed by atoms with E-state index >= 15 is 0 Å². The average molecular weight is 371 g/mol. The van der Waals surface area contributed by atoms with E-state index in [0.717, 1.165) is 21.4 Å². The zero-order chi connectivity index (χ0) is 15.4. The number of hydrogen-bond donors (Lipinski definition) is 1. The summed E-state index contributed by atoms with van der Waals surface area (Å²) in [5, 5.41) is 7.97. The van der Waals surface area contributed by atoms with Crippen molar-refractivity contribution in [3.63, 3.8) is 0 Å². The van der Waals surface area contributed by atoms with Crippen molar-refractivity contribution in [3.8, 4) is 0 Å². The summed E-state index contributed by atoms with van der Waals surface area (Å²) in [7, 11) is 0. The molecule has 0 saturated heterocycles. The van der Waals surface area contributed by atoms with Gasteiger partial charge in [-0.15, -0.1) is 0 Å². The molecule has 0 aliphatic rings. The van der Waals surface area contributed by atoms with Gasteiger partial charge in [-0.1, -0.05) is 23.7 Å². The van der Waals surface area contributed by atoms with Gasteiger partial charge in [-0.25, -0.2) is 0 Å². The molecule has 0 atom stereocenters. The fourth-order valence-corrected chi connectivity index (χ4v) is 2.40.